The number of halogens is 1. The van der Waals surface area contributed by atoms with Crippen LogP contribution in [0.15, 0.2) is 47.2 Å². The topological polar surface area (TPSA) is 24.9 Å². The normalized spacial score (nSPS) is 12.3. The standard InChI is InChI=1S/C17H21BrN2/c1-3-9-20-17(12-14-7-10-19-11-8-14)15-5-4-6-16(18)13(15)2/h4-8,10-11,17,20H,3,9,12H2,1-2H3. The number of aromatic nitrogens is 1. The Morgan fingerprint density at radius 1 is 1.20 bits per heavy atom. The van der Waals surface area contributed by atoms with Gasteiger partial charge in [-0.05, 0) is 61.2 Å². The third-order valence-corrected chi connectivity index (χ3v) is 4.37. The molecule has 1 N–H and O–H groups in total. The van der Waals surface area contributed by atoms with Gasteiger partial charge in [0, 0.05) is 22.9 Å². The van der Waals surface area contributed by atoms with Gasteiger partial charge in [0.2, 0.25) is 0 Å². The average molecular weight is 333 g/mol. The monoisotopic (exact) mass is 332 g/mol. The zero-order valence-corrected chi connectivity index (χ0v) is 13.7. The van der Waals surface area contributed by atoms with Crippen LogP contribution in [0.3, 0.4) is 0 Å². The number of rotatable bonds is 6. The molecule has 0 fully saturated rings. The fourth-order valence-corrected chi connectivity index (χ4v) is 2.75. The van der Waals surface area contributed by atoms with E-state index >= 15 is 0 Å². The van der Waals surface area contributed by atoms with Crippen LogP contribution in [0.5, 0.6) is 0 Å². The molecule has 0 amide bonds. The largest absolute Gasteiger partial charge is 0.310 e. The van der Waals surface area contributed by atoms with Crippen LogP contribution < -0.4 is 5.32 Å². The van der Waals surface area contributed by atoms with E-state index in [2.05, 4.69) is 70.4 Å². The van der Waals surface area contributed by atoms with Gasteiger partial charge in [0.05, 0.1) is 0 Å². The van der Waals surface area contributed by atoms with E-state index in [9.17, 15) is 0 Å². The smallest absolute Gasteiger partial charge is 0.0363 e. The van der Waals surface area contributed by atoms with E-state index < -0.39 is 0 Å². The predicted octanol–water partition coefficient (Wildman–Crippen LogP) is 4.44. The maximum atomic E-state index is 4.09. The summed E-state index contributed by atoms with van der Waals surface area (Å²) in [5.41, 5.74) is 3.99. The Hall–Kier alpha value is -1.19. The molecule has 20 heavy (non-hydrogen) atoms. The average Bonchev–Trinajstić information content (AvgIpc) is 2.48. The van der Waals surface area contributed by atoms with E-state index in [-0.39, 0.29) is 0 Å². The molecule has 1 heterocycles. The molecule has 0 radical (unpaired) electrons. The molecule has 106 valence electrons. The van der Waals surface area contributed by atoms with E-state index in [1.54, 1.807) is 0 Å². The Morgan fingerprint density at radius 2 is 1.95 bits per heavy atom. The number of nitrogens with one attached hydrogen (secondary N) is 1. The SMILES string of the molecule is CCCNC(Cc1ccncc1)c1cccc(Br)c1C. The summed E-state index contributed by atoms with van der Waals surface area (Å²) in [5, 5.41) is 3.66. The van der Waals surface area contributed by atoms with Crippen molar-refractivity contribution in [2.24, 2.45) is 0 Å². The molecule has 0 saturated carbocycles. The second kappa shape index (κ2) is 7.55. The first-order chi connectivity index (χ1) is 9.72. The Labute approximate surface area is 129 Å². The minimum Gasteiger partial charge on any atom is -0.310 e. The first-order valence-electron chi connectivity index (χ1n) is 7.09. The van der Waals surface area contributed by atoms with E-state index in [0.29, 0.717) is 6.04 Å². The highest BCUT2D eigenvalue weighted by Crippen LogP contribution is 2.26. The van der Waals surface area contributed by atoms with Crippen LogP contribution in [-0.2, 0) is 6.42 Å². The van der Waals surface area contributed by atoms with Crippen LogP contribution in [0.25, 0.3) is 0 Å². The minimum atomic E-state index is 0.342. The molecule has 0 saturated heterocycles. The quantitative estimate of drug-likeness (QED) is 0.846. The Balaban J connectivity index is 2.25. The predicted molar refractivity (Wildman–Crippen MR) is 87.9 cm³/mol. The van der Waals surface area contributed by atoms with Gasteiger partial charge in [-0.15, -0.1) is 0 Å². The van der Waals surface area contributed by atoms with E-state index in [4.69, 9.17) is 0 Å². The fourth-order valence-electron chi connectivity index (χ4n) is 2.37. The van der Waals surface area contributed by atoms with Crippen molar-refractivity contribution in [1.82, 2.24) is 10.3 Å². The van der Waals surface area contributed by atoms with Crippen molar-refractivity contribution in [3.63, 3.8) is 0 Å². The fraction of sp³-hybridized carbons (Fsp3) is 0.353. The van der Waals surface area contributed by atoms with E-state index in [0.717, 1.165) is 19.4 Å². The van der Waals surface area contributed by atoms with Gasteiger partial charge in [-0.2, -0.15) is 0 Å². The molecule has 0 aliphatic carbocycles. The zero-order valence-electron chi connectivity index (χ0n) is 12.1. The van der Waals surface area contributed by atoms with E-state index in [1.807, 2.05) is 12.4 Å². The number of nitrogens with zero attached hydrogens (tertiary/aromatic N) is 1. The Morgan fingerprint density at radius 3 is 2.65 bits per heavy atom. The van der Waals surface area contributed by atoms with Crippen LogP contribution >= 0.6 is 15.9 Å². The van der Waals surface area contributed by atoms with Crippen LogP contribution in [0, 0.1) is 6.92 Å². The van der Waals surface area contributed by atoms with Gasteiger partial charge in [0.25, 0.3) is 0 Å². The number of benzene rings is 1. The molecule has 1 unspecified atom stereocenters. The Kier molecular flexibility index (Phi) is 5.74. The van der Waals surface area contributed by atoms with Gasteiger partial charge in [0.1, 0.15) is 0 Å². The molecule has 2 rings (SSSR count). The molecular formula is C17H21BrN2. The summed E-state index contributed by atoms with van der Waals surface area (Å²) >= 11 is 3.63. The molecule has 0 aliphatic heterocycles. The maximum absolute atomic E-state index is 4.09. The van der Waals surface area contributed by atoms with Crippen molar-refractivity contribution in [1.29, 1.82) is 0 Å². The van der Waals surface area contributed by atoms with Gasteiger partial charge in [0.15, 0.2) is 0 Å². The van der Waals surface area contributed by atoms with Gasteiger partial charge in [-0.1, -0.05) is 35.0 Å². The van der Waals surface area contributed by atoms with Crippen LogP contribution in [-0.4, -0.2) is 11.5 Å². The van der Waals surface area contributed by atoms with Crippen molar-refractivity contribution in [3.8, 4) is 0 Å². The second-order valence-corrected chi connectivity index (χ2v) is 5.87. The third kappa shape index (κ3) is 3.90. The highest BCUT2D eigenvalue weighted by Gasteiger charge is 2.14. The van der Waals surface area contributed by atoms with Crippen LogP contribution in [0.4, 0.5) is 0 Å². The summed E-state index contributed by atoms with van der Waals surface area (Å²) in [6.45, 7) is 5.40. The van der Waals surface area contributed by atoms with Crippen molar-refractivity contribution in [3.05, 3.63) is 63.9 Å². The zero-order chi connectivity index (χ0) is 14.4. The minimum absolute atomic E-state index is 0.342. The summed E-state index contributed by atoms with van der Waals surface area (Å²) in [6, 6.07) is 11.0. The van der Waals surface area contributed by atoms with Crippen LogP contribution in [0.1, 0.15) is 36.1 Å². The lowest BCUT2D eigenvalue weighted by molar-refractivity contribution is 0.527. The lowest BCUT2D eigenvalue weighted by Gasteiger charge is -2.21. The van der Waals surface area contributed by atoms with Crippen molar-refractivity contribution >= 4 is 15.9 Å². The Bertz CT molecular complexity index is 540. The lowest BCUT2D eigenvalue weighted by Crippen LogP contribution is -2.25. The summed E-state index contributed by atoms with van der Waals surface area (Å²) in [6.07, 6.45) is 5.85. The molecule has 0 spiro atoms. The summed E-state index contributed by atoms with van der Waals surface area (Å²) in [4.78, 5) is 4.09. The lowest BCUT2D eigenvalue weighted by atomic mass is 9.95. The molecule has 1 aromatic heterocycles. The van der Waals surface area contributed by atoms with Crippen LogP contribution in [0.2, 0.25) is 0 Å². The van der Waals surface area contributed by atoms with Gasteiger partial charge >= 0.3 is 0 Å². The first kappa shape index (κ1) is 15.2. The molecule has 2 nitrogen and oxygen atoms in total. The van der Waals surface area contributed by atoms with Gasteiger partial charge in [-0.3, -0.25) is 4.98 Å². The molecule has 1 atom stereocenters. The summed E-state index contributed by atoms with van der Waals surface area (Å²) in [5.74, 6) is 0. The molecule has 0 bridgehead atoms. The summed E-state index contributed by atoms with van der Waals surface area (Å²) in [7, 11) is 0. The molecule has 1 aromatic carbocycles. The summed E-state index contributed by atoms with van der Waals surface area (Å²) < 4.78 is 1.17. The van der Waals surface area contributed by atoms with Crippen molar-refractivity contribution < 1.29 is 0 Å². The maximum Gasteiger partial charge on any atom is 0.0363 e. The molecular weight excluding hydrogens is 312 g/mol. The first-order valence-corrected chi connectivity index (χ1v) is 7.89. The number of hydrogen-bond acceptors (Lipinski definition) is 2. The van der Waals surface area contributed by atoms with Gasteiger partial charge in [-0.25, -0.2) is 0 Å². The highest BCUT2D eigenvalue weighted by molar-refractivity contribution is 9.10. The third-order valence-electron chi connectivity index (χ3n) is 3.51. The second-order valence-electron chi connectivity index (χ2n) is 5.02. The van der Waals surface area contributed by atoms with E-state index in [1.165, 1.54) is 21.2 Å². The number of hydrogen-bond donors (Lipinski definition) is 1. The molecule has 3 heteroatoms. The van der Waals surface area contributed by atoms with Crippen molar-refractivity contribution in [2.45, 2.75) is 32.7 Å². The number of pyridine rings is 1. The molecule has 2 aromatic rings. The van der Waals surface area contributed by atoms with Crippen molar-refractivity contribution in [2.75, 3.05) is 6.54 Å². The highest BCUT2D eigenvalue weighted by atomic mass is 79.9. The molecule has 0 aliphatic rings. The van der Waals surface area contributed by atoms with Gasteiger partial charge < -0.3 is 5.32 Å².